The van der Waals surface area contributed by atoms with E-state index in [0.29, 0.717) is 25.2 Å². The highest BCUT2D eigenvalue weighted by atomic mass is 32.2. The number of carbonyl (C=O) groups is 2. The van der Waals surface area contributed by atoms with Crippen molar-refractivity contribution in [1.29, 1.82) is 0 Å². The number of carbonyl (C=O) groups excluding carboxylic acids is 2. The molecule has 0 spiro atoms. The topological polar surface area (TPSA) is 144 Å². The van der Waals surface area contributed by atoms with E-state index in [2.05, 4.69) is 10.6 Å². The normalized spacial score (nSPS) is 23.0. The smallest absolute Gasteiger partial charge is 0.407 e. The number of fused-ring (bicyclic) bond motifs is 1. The fourth-order valence-electron chi connectivity index (χ4n) is 5.86. The summed E-state index contributed by atoms with van der Waals surface area (Å²) in [5.41, 5.74) is 0.863. The molecule has 6 atom stereocenters. The van der Waals surface area contributed by atoms with Gasteiger partial charge in [0.15, 0.2) is 0 Å². The number of sulfonamides is 1. The van der Waals surface area contributed by atoms with E-state index in [1.807, 2.05) is 44.2 Å². The second-order valence-electron chi connectivity index (χ2n) is 11.7. The molecule has 1 heterocycles. The molecule has 1 unspecified atom stereocenters. The summed E-state index contributed by atoms with van der Waals surface area (Å²) in [6.07, 6.45) is -1.12. The summed E-state index contributed by atoms with van der Waals surface area (Å²) < 4.78 is 45.3. The number of hydrogen-bond donors (Lipinski definition) is 3. The van der Waals surface area contributed by atoms with Crippen molar-refractivity contribution in [2.75, 3.05) is 26.8 Å². The predicted octanol–water partition coefficient (Wildman–Crippen LogP) is 2.72. The minimum Gasteiger partial charge on any atom is -0.497 e. The number of benzene rings is 2. The molecule has 1 aliphatic heterocycles. The second-order valence-corrected chi connectivity index (χ2v) is 13.7. The van der Waals surface area contributed by atoms with Crippen LogP contribution in [-0.2, 0) is 30.7 Å². The fraction of sp³-hybridized carbons (Fsp3) is 0.548. The number of nitrogens with zero attached hydrogens (tertiary/aromatic N) is 1. The van der Waals surface area contributed by atoms with E-state index < -0.39 is 34.4 Å². The molecule has 2 aliphatic rings. The van der Waals surface area contributed by atoms with E-state index in [1.54, 1.807) is 12.1 Å². The van der Waals surface area contributed by atoms with Gasteiger partial charge in [0.2, 0.25) is 15.9 Å². The van der Waals surface area contributed by atoms with Crippen LogP contribution in [0.5, 0.6) is 5.75 Å². The molecule has 0 radical (unpaired) electrons. The van der Waals surface area contributed by atoms with Gasteiger partial charge in [-0.1, -0.05) is 44.2 Å². The van der Waals surface area contributed by atoms with E-state index in [1.165, 1.54) is 30.5 Å². The predicted molar refractivity (Wildman–Crippen MR) is 160 cm³/mol. The number of nitrogens with one attached hydrogen (secondary N) is 2. The summed E-state index contributed by atoms with van der Waals surface area (Å²) in [5.74, 6) is 0.439. The molecule has 1 saturated carbocycles. The second kappa shape index (κ2) is 14.5. The number of aliphatic hydroxyl groups is 1. The van der Waals surface area contributed by atoms with E-state index in [9.17, 15) is 23.1 Å². The molecule has 3 N–H and O–H groups in total. The summed E-state index contributed by atoms with van der Waals surface area (Å²) >= 11 is 0. The molecule has 2 aromatic rings. The Kier molecular flexibility index (Phi) is 11.0. The van der Waals surface area contributed by atoms with Gasteiger partial charge in [-0.25, -0.2) is 13.2 Å². The molecular weight excluding hydrogens is 574 g/mol. The first kappa shape index (κ1) is 32.7. The molecule has 2 amide bonds. The van der Waals surface area contributed by atoms with Gasteiger partial charge >= 0.3 is 6.09 Å². The van der Waals surface area contributed by atoms with Crippen molar-refractivity contribution < 1.29 is 37.3 Å². The third-order valence-corrected chi connectivity index (χ3v) is 9.75. The molecule has 12 heteroatoms. The van der Waals surface area contributed by atoms with Gasteiger partial charge in [-0.2, -0.15) is 4.31 Å². The highest BCUT2D eigenvalue weighted by Gasteiger charge is 2.46. The van der Waals surface area contributed by atoms with Crippen molar-refractivity contribution in [3.8, 4) is 5.75 Å². The maximum atomic E-state index is 13.6. The number of rotatable bonds is 13. The van der Waals surface area contributed by atoms with Gasteiger partial charge in [0, 0.05) is 32.4 Å². The number of methoxy groups -OCH3 is 1. The van der Waals surface area contributed by atoms with Crippen LogP contribution in [0.25, 0.3) is 0 Å². The molecule has 4 rings (SSSR count). The molecule has 1 aliphatic carbocycles. The standard InChI is InChI=1S/C31H43N3O8S/c1-20(2)17-34(43(38,39)25-12-10-23(40-4)11-13-25)18-29(36)27(14-22-8-6-5-7-9-22)33-31(37)42-24-15-26-28(32-21(3)35)19-41-30(26)16-24/h5-13,20,24,26-30,36H,14-19H2,1-4H3,(H,32,35)(H,33,37)/t24-,26-,27+,28-,29?,30-/m1/s1. The average Bonchev–Trinajstić information content (AvgIpc) is 3.53. The SMILES string of the molecule is COc1ccc(S(=O)(=O)N(CC(C)C)CC(O)[C@H](Cc2ccccc2)NC(=O)O[C@@H]2C[C@@H]3[C@H](NC(C)=O)CO[C@@H]3C2)cc1. The van der Waals surface area contributed by atoms with Crippen LogP contribution in [0, 0.1) is 11.8 Å². The first-order valence-electron chi connectivity index (χ1n) is 14.7. The first-order chi connectivity index (χ1) is 20.5. The van der Waals surface area contributed by atoms with Crippen LogP contribution in [0.1, 0.15) is 39.2 Å². The number of ether oxygens (including phenoxy) is 3. The number of hydrogen-bond acceptors (Lipinski definition) is 8. The van der Waals surface area contributed by atoms with E-state index in [0.717, 1.165) is 5.56 Å². The van der Waals surface area contributed by atoms with Gasteiger partial charge in [-0.05, 0) is 48.6 Å². The molecular formula is C31H43N3O8S. The van der Waals surface area contributed by atoms with E-state index in [-0.39, 0.29) is 54.3 Å². The zero-order chi connectivity index (χ0) is 31.1. The van der Waals surface area contributed by atoms with Gasteiger partial charge in [-0.3, -0.25) is 4.79 Å². The van der Waals surface area contributed by atoms with Crippen LogP contribution in [-0.4, -0.2) is 87.0 Å². The molecule has 11 nitrogen and oxygen atoms in total. The Hall–Kier alpha value is -3.19. The first-order valence-corrected chi connectivity index (χ1v) is 16.1. The highest BCUT2D eigenvalue weighted by molar-refractivity contribution is 7.89. The van der Waals surface area contributed by atoms with Crippen molar-refractivity contribution in [3.05, 3.63) is 60.2 Å². The van der Waals surface area contributed by atoms with Gasteiger partial charge in [0.05, 0.1) is 42.9 Å². The minimum atomic E-state index is -3.96. The van der Waals surface area contributed by atoms with E-state index >= 15 is 0 Å². The Bertz CT molecular complexity index is 1320. The monoisotopic (exact) mass is 617 g/mol. The van der Waals surface area contributed by atoms with Crippen molar-refractivity contribution in [1.82, 2.24) is 14.9 Å². The van der Waals surface area contributed by atoms with Gasteiger partial charge in [0.1, 0.15) is 11.9 Å². The average molecular weight is 618 g/mol. The Morgan fingerprint density at radius 2 is 1.77 bits per heavy atom. The van der Waals surface area contributed by atoms with Gasteiger partial charge in [0.25, 0.3) is 0 Å². The molecule has 0 bridgehead atoms. The fourth-order valence-corrected chi connectivity index (χ4v) is 7.48. The molecule has 2 aromatic carbocycles. The largest absolute Gasteiger partial charge is 0.497 e. The minimum absolute atomic E-state index is 0.0175. The lowest BCUT2D eigenvalue weighted by atomic mass is 9.99. The Balaban J connectivity index is 1.47. The van der Waals surface area contributed by atoms with Crippen molar-refractivity contribution in [3.63, 3.8) is 0 Å². The number of aliphatic hydroxyl groups excluding tert-OH is 1. The third-order valence-electron chi connectivity index (χ3n) is 7.90. The van der Waals surface area contributed by atoms with Crippen LogP contribution in [0.4, 0.5) is 4.79 Å². The summed E-state index contributed by atoms with van der Waals surface area (Å²) in [5, 5.41) is 17.2. The lowest BCUT2D eigenvalue weighted by Crippen LogP contribution is -2.51. The quantitative estimate of drug-likeness (QED) is 0.311. The van der Waals surface area contributed by atoms with Crippen molar-refractivity contribution in [2.45, 2.75) is 75.3 Å². The summed E-state index contributed by atoms with van der Waals surface area (Å²) in [6, 6.07) is 14.5. The zero-order valence-corrected chi connectivity index (χ0v) is 26.0. The van der Waals surface area contributed by atoms with Crippen molar-refractivity contribution in [2.24, 2.45) is 11.8 Å². The Morgan fingerprint density at radius 1 is 1.07 bits per heavy atom. The summed E-state index contributed by atoms with van der Waals surface area (Å²) in [6.45, 7) is 5.64. The molecule has 0 aromatic heterocycles. The van der Waals surface area contributed by atoms with E-state index in [4.69, 9.17) is 14.2 Å². The zero-order valence-electron chi connectivity index (χ0n) is 25.1. The summed E-state index contributed by atoms with van der Waals surface area (Å²) in [7, 11) is -2.46. The Labute approximate surface area is 253 Å². The van der Waals surface area contributed by atoms with Crippen LogP contribution < -0.4 is 15.4 Å². The van der Waals surface area contributed by atoms with Crippen molar-refractivity contribution >= 4 is 22.0 Å². The lowest BCUT2D eigenvalue weighted by Gasteiger charge is -2.31. The number of alkyl carbamates (subject to hydrolysis) is 1. The molecule has 236 valence electrons. The Morgan fingerprint density at radius 3 is 2.40 bits per heavy atom. The van der Waals surface area contributed by atoms with Crippen LogP contribution >= 0.6 is 0 Å². The molecule has 2 fully saturated rings. The van der Waals surface area contributed by atoms with Crippen LogP contribution in [0.2, 0.25) is 0 Å². The maximum Gasteiger partial charge on any atom is 0.407 e. The maximum absolute atomic E-state index is 13.6. The van der Waals surface area contributed by atoms with Gasteiger partial charge < -0.3 is 30.0 Å². The van der Waals surface area contributed by atoms with Gasteiger partial charge in [-0.15, -0.1) is 0 Å². The van der Waals surface area contributed by atoms with Crippen LogP contribution in [0.3, 0.4) is 0 Å². The third kappa shape index (κ3) is 8.69. The number of amides is 2. The molecule has 43 heavy (non-hydrogen) atoms. The summed E-state index contributed by atoms with van der Waals surface area (Å²) in [4.78, 5) is 24.8. The molecule has 1 saturated heterocycles. The van der Waals surface area contributed by atoms with Crippen LogP contribution in [0.15, 0.2) is 59.5 Å². The highest BCUT2D eigenvalue weighted by Crippen LogP contribution is 2.37. The lowest BCUT2D eigenvalue weighted by molar-refractivity contribution is -0.119.